The van der Waals surface area contributed by atoms with E-state index in [2.05, 4.69) is 39.3 Å². The smallest absolute Gasteiger partial charge is 0.407 e. The molecule has 3 heterocycles. The zero-order valence-electron chi connectivity index (χ0n) is 24.8. The van der Waals surface area contributed by atoms with Gasteiger partial charge in [0.15, 0.2) is 5.69 Å². The average molecular weight is 575 g/mol. The number of aromatic nitrogens is 2. The molecule has 2 aromatic heterocycles. The molecule has 10 heteroatoms. The molecule has 1 atom stereocenters. The van der Waals surface area contributed by atoms with Crippen LogP contribution in [0.2, 0.25) is 0 Å². The van der Waals surface area contributed by atoms with Crippen LogP contribution in [0.25, 0.3) is 17.3 Å². The number of amides is 2. The van der Waals surface area contributed by atoms with Gasteiger partial charge in [-0.3, -0.25) is 9.78 Å². The number of nitrogen functional groups attached to an aromatic ring is 1. The Bertz CT molecular complexity index is 1470. The predicted molar refractivity (Wildman–Crippen MR) is 165 cm³/mol. The summed E-state index contributed by atoms with van der Waals surface area (Å²) in [6.07, 6.45) is 8.34. The highest BCUT2D eigenvalue weighted by molar-refractivity contribution is 6.08. The van der Waals surface area contributed by atoms with E-state index in [-0.39, 0.29) is 23.0 Å². The number of nitrogens with zero attached hydrogens (tertiary/aromatic N) is 3. The van der Waals surface area contributed by atoms with E-state index in [0.29, 0.717) is 23.8 Å². The largest absolute Gasteiger partial charge is 0.444 e. The van der Waals surface area contributed by atoms with Gasteiger partial charge in [0.2, 0.25) is 0 Å². The van der Waals surface area contributed by atoms with Crippen molar-refractivity contribution >= 4 is 35.1 Å². The summed E-state index contributed by atoms with van der Waals surface area (Å²) in [6, 6.07) is 9.62. The molecule has 0 bridgehead atoms. The number of halogens is 1. The fourth-order valence-corrected chi connectivity index (χ4v) is 4.68. The van der Waals surface area contributed by atoms with Gasteiger partial charge in [-0.1, -0.05) is 32.1 Å². The van der Waals surface area contributed by atoms with Crippen molar-refractivity contribution in [2.24, 2.45) is 5.92 Å². The van der Waals surface area contributed by atoms with Gasteiger partial charge in [-0.15, -0.1) is 0 Å². The van der Waals surface area contributed by atoms with Crippen LogP contribution < -0.4 is 21.3 Å². The molecule has 0 radical (unpaired) electrons. The van der Waals surface area contributed by atoms with Crippen molar-refractivity contribution in [3.63, 3.8) is 0 Å². The molecule has 42 heavy (non-hydrogen) atoms. The molecule has 1 fully saturated rings. The number of benzene rings is 1. The Balaban J connectivity index is 1.54. The summed E-state index contributed by atoms with van der Waals surface area (Å²) in [5.74, 6) is -0.646. The Labute approximate surface area is 246 Å². The third kappa shape index (κ3) is 8.05. The van der Waals surface area contributed by atoms with Gasteiger partial charge in [-0.25, -0.2) is 14.2 Å². The van der Waals surface area contributed by atoms with E-state index in [9.17, 15) is 14.0 Å². The minimum atomic E-state index is -0.590. The zero-order chi connectivity index (χ0) is 30.4. The normalized spacial score (nSPS) is 15.6. The molecule has 2 amide bonds. The highest BCUT2D eigenvalue weighted by atomic mass is 19.1. The minimum absolute atomic E-state index is 0.0204. The Morgan fingerprint density at radius 2 is 1.98 bits per heavy atom. The molecular formula is C32H39FN6O3. The van der Waals surface area contributed by atoms with Gasteiger partial charge in [0.25, 0.3) is 5.91 Å². The van der Waals surface area contributed by atoms with E-state index in [0.717, 1.165) is 30.6 Å². The molecule has 0 aliphatic carbocycles. The van der Waals surface area contributed by atoms with Gasteiger partial charge in [0, 0.05) is 30.9 Å². The van der Waals surface area contributed by atoms with Crippen LogP contribution in [0.4, 0.5) is 26.2 Å². The molecule has 1 saturated heterocycles. The number of piperidine rings is 1. The first-order chi connectivity index (χ1) is 19.9. The standard InChI is InChI=1S/C32H39FN6O3/c1-20(2)8-9-21-10-11-24(33)23(17-21)26-13-12-25(34)29(37-26)30(40)38-27-18-35-15-14-28(27)39-16-6-7-22(19-39)36-31(41)42-32(3,4)5/h8-15,17-18,20,22H,6-7,16,19,34H2,1-5H3,(H,36,41)(H,38,40)/t22-/m0/s1. The topological polar surface area (TPSA) is 122 Å². The van der Waals surface area contributed by atoms with Crippen LogP contribution in [0.5, 0.6) is 0 Å². The van der Waals surface area contributed by atoms with Gasteiger partial charge in [0.05, 0.1) is 29.0 Å². The lowest BCUT2D eigenvalue weighted by molar-refractivity contribution is 0.0500. The minimum Gasteiger partial charge on any atom is -0.444 e. The van der Waals surface area contributed by atoms with E-state index < -0.39 is 23.4 Å². The highest BCUT2D eigenvalue weighted by Gasteiger charge is 2.26. The Morgan fingerprint density at radius 3 is 2.71 bits per heavy atom. The van der Waals surface area contributed by atoms with Gasteiger partial charge in [-0.2, -0.15) is 0 Å². The van der Waals surface area contributed by atoms with Crippen LogP contribution in [0.15, 0.2) is 54.9 Å². The number of nitrogens with one attached hydrogen (secondary N) is 2. The Morgan fingerprint density at radius 1 is 1.19 bits per heavy atom. The monoisotopic (exact) mass is 574 g/mol. The molecule has 3 aromatic rings. The van der Waals surface area contributed by atoms with Gasteiger partial charge < -0.3 is 26.0 Å². The van der Waals surface area contributed by atoms with Crippen molar-refractivity contribution in [3.8, 4) is 11.3 Å². The maximum Gasteiger partial charge on any atom is 0.407 e. The number of ether oxygens (including phenoxy) is 1. The molecule has 1 aliphatic rings. The van der Waals surface area contributed by atoms with Gasteiger partial charge >= 0.3 is 6.09 Å². The second-order valence-electron chi connectivity index (χ2n) is 11.8. The van der Waals surface area contributed by atoms with E-state index in [1.165, 1.54) is 6.07 Å². The number of allylic oxidation sites excluding steroid dienone is 1. The van der Waals surface area contributed by atoms with E-state index >= 15 is 0 Å². The number of alkyl carbamates (subject to hydrolysis) is 1. The first-order valence-electron chi connectivity index (χ1n) is 14.1. The highest BCUT2D eigenvalue weighted by Crippen LogP contribution is 2.30. The van der Waals surface area contributed by atoms with Crippen LogP contribution in [-0.4, -0.2) is 46.7 Å². The average Bonchev–Trinajstić information content (AvgIpc) is 2.92. The molecular weight excluding hydrogens is 535 g/mol. The first kappa shape index (κ1) is 30.5. The third-order valence-corrected chi connectivity index (χ3v) is 6.61. The SMILES string of the molecule is CC(C)C=Cc1ccc(F)c(-c2ccc(N)c(C(=O)Nc3cnccc3N3CCC[C@H](NC(=O)OC(C)(C)C)C3)n2)c1. The third-order valence-electron chi connectivity index (χ3n) is 6.61. The lowest BCUT2D eigenvalue weighted by atomic mass is 10.0. The van der Waals surface area contributed by atoms with E-state index in [1.54, 1.807) is 36.7 Å². The molecule has 0 spiro atoms. The second-order valence-corrected chi connectivity index (χ2v) is 11.8. The summed E-state index contributed by atoms with van der Waals surface area (Å²) in [7, 11) is 0. The van der Waals surface area contributed by atoms with Crippen LogP contribution in [-0.2, 0) is 4.74 Å². The van der Waals surface area contributed by atoms with Crippen molar-refractivity contribution < 1.29 is 18.7 Å². The summed E-state index contributed by atoms with van der Waals surface area (Å²) in [5.41, 5.74) is 8.32. The molecule has 0 unspecified atom stereocenters. The van der Waals surface area contributed by atoms with Gasteiger partial charge in [-0.05, 0) is 75.4 Å². The summed E-state index contributed by atoms with van der Waals surface area (Å²) >= 11 is 0. The lowest BCUT2D eigenvalue weighted by Gasteiger charge is -2.35. The molecule has 4 rings (SSSR count). The van der Waals surface area contributed by atoms with Crippen molar-refractivity contribution in [3.05, 3.63) is 71.9 Å². The number of rotatable bonds is 7. The molecule has 1 aromatic carbocycles. The van der Waals surface area contributed by atoms with Crippen molar-refractivity contribution in [1.29, 1.82) is 0 Å². The fraction of sp³-hybridized carbons (Fsp3) is 0.375. The summed E-state index contributed by atoms with van der Waals surface area (Å²) in [4.78, 5) is 36.5. The number of carbonyl (C=O) groups excluding carboxylic acids is 2. The van der Waals surface area contributed by atoms with Crippen LogP contribution in [0.3, 0.4) is 0 Å². The van der Waals surface area contributed by atoms with E-state index in [4.69, 9.17) is 10.5 Å². The predicted octanol–water partition coefficient (Wildman–Crippen LogP) is 6.28. The number of hydrogen-bond donors (Lipinski definition) is 3. The quantitative estimate of drug-likeness (QED) is 0.304. The van der Waals surface area contributed by atoms with Gasteiger partial charge in [0.1, 0.15) is 11.4 Å². The van der Waals surface area contributed by atoms with E-state index in [1.807, 2.05) is 39.0 Å². The number of anilines is 3. The molecule has 1 aliphatic heterocycles. The number of hydrogen-bond acceptors (Lipinski definition) is 7. The molecule has 9 nitrogen and oxygen atoms in total. The number of carbonyl (C=O) groups is 2. The molecule has 4 N–H and O–H groups in total. The number of nitrogens with two attached hydrogens (primary N) is 1. The number of pyridine rings is 2. The summed E-state index contributed by atoms with van der Waals surface area (Å²) in [6.45, 7) is 10.8. The van der Waals surface area contributed by atoms with Crippen LogP contribution >= 0.6 is 0 Å². The van der Waals surface area contributed by atoms with Crippen molar-refractivity contribution in [1.82, 2.24) is 15.3 Å². The van der Waals surface area contributed by atoms with Crippen LogP contribution in [0.1, 0.15) is 63.5 Å². The first-order valence-corrected chi connectivity index (χ1v) is 14.1. The van der Waals surface area contributed by atoms with Crippen LogP contribution in [0, 0.1) is 11.7 Å². The van der Waals surface area contributed by atoms with Crippen molar-refractivity contribution in [2.45, 2.75) is 59.1 Å². The fourth-order valence-electron chi connectivity index (χ4n) is 4.68. The maximum atomic E-state index is 14.8. The van der Waals surface area contributed by atoms with Crippen molar-refractivity contribution in [2.75, 3.05) is 29.0 Å². The molecule has 222 valence electrons. The Kier molecular flexibility index (Phi) is 9.45. The maximum absolute atomic E-state index is 14.8. The summed E-state index contributed by atoms with van der Waals surface area (Å²) < 4.78 is 20.3. The second kappa shape index (κ2) is 13.0. The summed E-state index contributed by atoms with van der Waals surface area (Å²) in [5, 5.41) is 5.83. The lowest BCUT2D eigenvalue weighted by Crippen LogP contribution is -2.49. The zero-order valence-corrected chi connectivity index (χ0v) is 24.8. The Hall–Kier alpha value is -4.47. The molecule has 0 saturated carbocycles.